The Morgan fingerprint density at radius 3 is 2.90 bits per heavy atom. The highest BCUT2D eigenvalue weighted by atomic mass is 16.2. The van der Waals surface area contributed by atoms with Gasteiger partial charge in [-0.25, -0.2) is 0 Å². The van der Waals surface area contributed by atoms with E-state index in [0.29, 0.717) is 0 Å². The van der Waals surface area contributed by atoms with Crippen LogP contribution in [0.15, 0.2) is 24.3 Å². The van der Waals surface area contributed by atoms with Crippen LogP contribution in [0.5, 0.6) is 0 Å². The van der Waals surface area contributed by atoms with E-state index in [1.165, 1.54) is 0 Å². The van der Waals surface area contributed by atoms with E-state index in [1.807, 2.05) is 19.1 Å². The van der Waals surface area contributed by atoms with E-state index < -0.39 is 0 Å². The fraction of sp³-hybridized carbons (Fsp3) is 0.588. The minimum atomic E-state index is -0.148. The molecular formula is C17H27N3O. The molecule has 0 aromatic heterocycles. The zero-order valence-electron chi connectivity index (χ0n) is 13.4. The highest BCUT2D eigenvalue weighted by Gasteiger charge is 2.25. The first-order valence-electron chi connectivity index (χ1n) is 8.03. The molecule has 1 aliphatic rings. The lowest BCUT2D eigenvalue weighted by Gasteiger charge is -2.31. The Labute approximate surface area is 127 Å². The van der Waals surface area contributed by atoms with Gasteiger partial charge >= 0.3 is 0 Å². The second kappa shape index (κ2) is 7.34. The van der Waals surface area contributed by atoms with Gasteiger partial charge in [0.15, 0.2) is 0 Å². The van der Waals surface area contributed by atoms with E-state index in [-0.39, 0.29) is 18.0 Å². The highest BCUT2D eigenvalue weighted by molar-refractivity contribution is 5.87. The minimum absolute atomic E-state index is 0.118. The molecule has 0 aliphatic carbocycles. The average molecular weight is 289 g/mol. The number of carbonyl (C=O) groups is 1. The van der Waals surface area contributed by atoms with E-state index in [0.717, 1.165) is 43.7 Å². The molecule has 116 valence electrons. The Hall–Kier alpha value is -1.71. The van der Waals surface area contributed by atoms with E-state index in [1.54, 1.807) is 0 Å². The fourth-order valence-corrected chi connectivity index (χ4v) is 2.88. The first-order chi connectivity index (χ1) is 10.1. The summed E-state index contributed by atoms with van der Waals surface area (Å²) in [5, 5.41) is 6.56. The SMILES string of the molecule is CCCC(C)NC(=O)C(C)N1CCCNc2ccccc21. The van der Waals surface area contributed by atoms with Gasteiger partial charge < -0.3 is 15.5 Å². The molecule has 0 saturated heterocycles. The molecule has 2 rings (SSSR count). The van der Waals surface area contributed by atoms with E-state index in [2.05, 4.69) is 41.5 Å². The third-order valence-electron chi connectivity index (χ3n) is 4.06. The van der Waals surface area contributed by atoms with Gasteiger partial charge in [-0.05, 0) is 38.8 Å². The summed E-state index contributed by atoms with van der Waals surface area (Å²) in [5.41, 5.74) is 2.25. The summed E-state index contributed by atoms with van der Waals surface area (Å²) in [6, 6.07) is 8.33. The number of carbonyl (C=O) groups excluding carboxylic acids is 1. The monoisotopic (exact) mass is 289 g/mol. The van der Waals surface area contributed by atoms with Gasteiger partial charge in [0, 0.05) is 19.1 Å². The van der Waals surface area contributed by atoms with Crippen molar-refractivity contribution < 1.29 is 4.79 Å². The predicted molar refractivity (Wildman–Crippen MR) is 88.9 cm³/mol. The number of rotatable bonds is 5. The molecule has 1 aliphatic heterocycles. The number of anilines is 2. The Bertz CT molecular complexity index is 475. The number of nitrogens with one attached hydrogen (secondary N) is 2. The molecule has 21 heavy (non-hydrogen) atoms. The molecule has 4 nitrogen and oxygen atoms in total. The Kier molecular flexibility index (Phi) is 5.48. The smallest absolute Gasteiger partial charge is 0.242 e. The van der Waals surface area contributed by atoms with Crippen LogP contribution in [-0.4, -0.2) is 31.1 Å². The minimum Gasteiger partial charge on any atom is -0.383 e. The lowest BCUT2D eigenvalue weighted by atomic mass is 10.1. The topological polar surface area (TPSA) is 44.4 Å². The van der Waals surface area contributed by atoms with Crippen molar-refractivity contribution in [2.24, 2.45) is 0 Å². The number of benzene rings is 1. The standard InChI is InChI=1S/C17H27N3O/c1-4-8-13(2)19-17(21)14(3)20-12-7-11-18-15-9-5-6-10-16(15)20/h5-6,9-10,13-14,18H,4,7-8,11-12H2,1-3H3,(H,19,21). The number of hydrogen-bond acceptors (Lipinski definition) is 3. The molecule has 0 spiro atoms. The van der Waals surface area contributed by atoms with Gasteiger partial charge in [-0.3, -0.25) is 4.79 Å². The molecule has 2 atom stereocenters. The number of hydrogen-bond donors (Lipinski definition) is 2. The van der Waals surface area contributed by atoms with Crippen molar-refractivity contribution in [3.63, 3.8) is 0 Å². The van der Waals surface area contributed by atoms with Crippen LogP contribution in [0, 0.1) is 0 Å². The summed E-state index contributed by atoms with van der Waals surface area (Å²) in [4.78, 5) is 14.7. The molecule has 1 aromatic carbocycles. The van der Waals surface area contributed by atoms with Crippen molar-refractivity contribution in [1.29, 1.82) is 0 Å². The van der Waals surface area contributed by atoms with Gasteiger partial charge in [-0.2, -0.15) is 0 Å². The van der Waals surface area contributed by atoms with E-state index in [4.69, 9.17) is 0 Å². The third kappa shape index (κ3) is 3.90. The van der Waals surface area contributed by atoms with Crippen LogP contribution in [-0.2, 0) is 4.79 Å². The van der Waals surface area contributed by atoms with Crippen LogP contribution in [0.2, 0.25) is 0 Å². The summed E-state index contributed by atoms with van der Waals surface area (Å²) >= 11 is 0. The molecular weight excluding hydrogens is 262 g/mol. The van der Waals surface area contributed by atoms with E-state index >= 15 is 0 Å². The van der Waals surface area contributed by atoms with Crippen molar-refractivity contribution in [2.45, 2.75) is 52.1 Å². The zero-order valence-corrected chi connectivity index (χ0v) is 13.4. The Morgan fingerprint density at radius 2 is 2.14 bits per heavy atom. The Morgan fingerprint density at radius 1 is 1.38 bits per heavy atom. The van der Waals surface area contributed by atoms with E-state index in [9.17, 15) is 4.79 Å². The van der Waals surface area contributed by atoms with Crippen molar-refractivity contribution in [3.8, 4) is 0 Å². The van der Waals surface area contributed by atoms with Crippen LogP contribution >= 0.6 is 0 Å². The highest BCUT2D eigenvalue weighted by Crippen LogP contribution is 2.29. The summed E-state index contributed by atoms with van der Waals surface area (Å²) in [5.74, 6) is 0.118. The second-order valence-electron chi connectivity index (χ2n) is 5.87. The largest absolute Gasteiger partial charge is 0.383 e. The van der Waals surface area contributed by atoms with Crippen molar-refractivity contribution in [3.05, 3.63) is 24.3 Å². The van der Waals surface area contributed by atoms with Gasteiger partial charge in [0.05, 0.1) is 11.4 Å². The van der Waals surface area contributed by atoms with Crippen LogP contribution in [0.3, 0.4) is 0 Å². The van der Waals surface area contributed by atoms with Crippen LogP contribution in [0.25, 0.3) is 0 Å². The molecule has 1 heterocycles. The average Bonchev–Trinajstić information content (AvgIpc) is 2.69. The molecule has 4 heteroatoms. The van der Waals surface area contributed by atoms with Crippen LogP contribution in [0.4, 0.5) is 11.4 Å². The lowest BCUT2D eigenvalue weighted by Crippen LogP contribution is -2.48. The predicted octanol–water partition coefficient (Wildman–Crippen LogP) is 3.00. The molecule has 2 N–H and O–H groups in total. The summed E-state index contributed by atoms with van der Waals surface area (Å²) in [7, 11) is 0. The first kappa shape index (κ1) is 15.7. The third-order valence-corrected chi connectivity index (χ3v) is 4.06. The fourth-order valence-electron chi connectivity index (χ4n) is 2.88. The zero-order chi connectivity index (χ0) is 15.2. The lowest BCUT2D eigenvalue weighted by molar-refractivity contribution is -0.122. The Balaban J connectivity index is 2.11. The summed E-state index contributed by atoms with van der Waals surface area (Å²) in [6.07, 6.45) is 3.15. The van der Waals surface area contributed by atoms with Gasteiger partial charge in [0.25, 0.3) is 0 Å². The van der Waals surface area contributed by atoms with Gasteiger partial charge in [-0.15, -0.1) is 0 Å². The molecule has 0 fully saturated rings. The van der Waals surface area contributed by atoms with Crippen LogP contribution < -0.4 is 15.5 Å². The van der Waals surface area contributed by atoms with Crippen molar-refractivity contribution >= 4 is 17.3 Å². The van der Waals surface area contributed by atoms with Gasteiger partial charge in [0.2, 0.25) is 5.91 Å². The molecule has 0 radical (unpaired) electrons. The number of nitrogens with zero attached hydrogens (tertiary/aromatic N) is 1. The van der Waals surface area contributed by atoms with Crippen molar-refractivity contribution in [1.82, 2.24) is 5.32 Å². The maximum atomic E-state index is 12.5. The molecule has 1 amide bonds. The van der Waals surface area contributed by atoms with Crippen LogP contribution in [0.1, 0.15) is 40.0 Å². The summed E-state index contributed by atoms with van der Waals surface area (Å²) in [6.45, 7) is 8.07. The first-order valence-corrected chi connectivity index (χ1v) is 8.03. The summed E-state index contributed by atoms with van der Waals surface area (Å²) < 4.78 is 0. The molecule has 0 saturated carbocycles. The number of fused-ring (bicyclic) bond motifs is 1. The quantitative estimate of drug-likeness (QED) is 0.876. The van der Waals surface area contributed by atoms with Gasteiger partial charge in [-0.1, -0.05) is 25.5 Å². The normalized spacial score (nSPS) is 17.2. The van der Waals surface area contributed by atoms with Crippen molar-refractivity contribution in [2.75, 3.05) is 23.3 Å². The second-order valence-corrected chi connectivity index (χ2v) is 5.87. The maximum Gasteiger partial charge on any atom is 0.242 e. The molecule has 1 aromatic rings. The van der Waals surface area contributed by atoms with Gasteiger partial charge in [0.1, 0.15) is 6.04 Å². The molecule has 0 bridgehead atoms. The number of para-hydroxylation sites is 2. The number of amides is 1. The molecule has 2 unspecified atom stereocenters. The maximum absolute atomic E-state index is 12.5.